The summed E-state index contributed by atoms with van der Waals surface area (Å²) in [6.45, 7) is 9.07. The number of aromatic hydroxyl groups is 1. The summed E-state index contributed by atoms with van der Waals surface area (Å²) in [5.74, 6) is 0.437. The first-order valence-electron chi connectivity index (χ1n) is 14.3. The second kappa shape index (κ2) is 11.1. The molecule has 0 unspecified atom stereocenters. The third-order valence-corrected chi connectivity index (χ3v) is 11.5. The molecule has 1 N–H and O–H groups in total. The van der Waals surface area contributed by atoms with Crippen LogP contribution < -0.4 is 15.9 Å². The van der Waals surface area contributed by atoms with Crippen LogP contribution in [0, 0.1) is 27.7 Å². The number of phenolic OH excluding ortho intramolecular Hbond substituents is 1. The van der Waals surface area contributed by atoms with E-state index in [4.69, 9.17) is 0 Å². The lowest BCUT2D eigenvalue weighted by molar-refractivity contribution is 0.467. The first kappa shape index (κ1) is 26.5. The van der Waals surface area contributed by atoms with Gasteiger partial charge in [0.1, 0.15) is 5.75 Å². The van der Waals surface area contributed by atoms with Crippen LogP contribution in [0.15, 0.2) is 97.1 Å². The van der Waals surface area contributed by atoms with Crippen molar-refractivity contribution in [1.29, 1.82) is 0 Å². The van der Waals surface area contributed by atoms with Crippen LogP contribution in [0.25, 0.3) is 11.1 Å². The highest BCUT2D eigenvalue weighted by molar-refractivity contribution is 7.80. The van der Waals surface area contributed by atoms with Crippen molar-refractivity contribution in [3.05, 3.63) is 142 Å². The molecule has 0 saturated heterocycles. The second-order valence-electron chi connectivity index (χ2n) is 11.3. The lowest BCUT2D eigenvalue weighted by Gasteiger charge is -2.27. The van der Waals surface area contributed by atoms with E-state index in [0.717, 1.165) is 31.2 Å². The van der Waals surface area contributed by atoms with Crippen molar-refractivity contribution in [1.82, 2.24) is 0 Å². The molecule has 4 bridgehead atoms. The third-order valence-electron chi connectivity index (χ3n) is 8.43. The van der Waals surface area contributed by atoms with Gasteiger partial charge in [-0.1, -0.05) is 84.9 Å². The van der Waals surface area contributed by atoms with Crippen molar-refractivity contribution in [2.24, 2.45) is 0 Å². The van der Waals surface area contributed by atoms with Crippen LogP contribution in [0.5, 0.6) is 5.75 Å². The van der Waals surface area contributed by atoms with Crippen LogP contribution in [0.2, 0.25) is 0 Å². The van der Waals surface area contributed by atoms with Gasteiger partial charge in [0, 0.05) is 0 Å². The van der Waals surface area contributed by atoms with Gasteiger partial charge in [-0.15, -0.1) is 0 Å². The second-order valence-corrected chi connectivity index (χ2v) is 13.4. The van der Waals surface area contributed by atoms with Gasteiger partial charge in [0.15, 0.2) is 0 Å². The van der Waals surface area contributed by atoms with E-state index >= 15 is 0 Å². The smallest absolute Gasteiger partial charge is 0.119 e. The van der Waals surface area contributed by atoms with Gasteiger partial charge in [0.05, 0.1) is 0 Å². The first-order valence-corrected chi connectivity index (χ1v) is 15.7. The molecule has 1 nitrogen and oxygen atoms in total. The average Bonchev–Trinajstić information content (AvgIpc) is 2.93. The van der Waals surface area contributed by atoms with Crippen LogP contribution in [0.3, 0.4) is 0 Å². The fourth-order valence-corrected chi connectivity index (χ4v) is 9.25. The molecule has 5 aromatic rings. The standard InChI is InChI=1S/C38H37OP/c1-25-8-5-9-26(2)37(25)40(38-27(3)10-6-11-28(38)4)34-13-7-12-33(24-34)35-22-29-14-18-31(35)19-15-30-17-21-32(20-16-29)36(39)23-30/h5-14,17-18,21-24,39H,15-16,19-20H2,1-4H3. The Morgan fingerprint density at radius 3 is 1.65 bits per heavy atom. The van der Waals surface area contributed by atoms with E-state index in [2.05, 4.69) is 119 Å². The Hall–Kier alpha value is -3.67. The summed E-state index contributed by atoms with van der Waals surface area (Å²) in [5.41, 5.74) is 13.0. The van der Waals surface area contributed by atoms with Crippen LogP contribution in [0.4, 0.5) is 0 Å². The summed E-state index contributed by atoms with van der Waals surface area (Å²) in [7, 11) is -0.726. The van der Waals surface area contributed by atoms with E-state index in [0.29, 0.717) is 5.75 Å². The summed E-state index contributed by atoms with van der Waals surface area (Å²) in [6.07, 6.45) is 3.62. The molecule has 0 spiro atoms. The highest BCUT2D eigenvalue weighted by atomic mass is 31.1. The van der Waals surface area contributed by atoms with Gasteiger partial charge < -0.3 is 5.11 Å². The minimum atomic E-state index is -0.726. The number of hydrogen-bond acceptors (Lipinski definition) is 1. The quantitative estimate of drug-likeness (QED) is 0.230. The molecule has 0 amide bonds. The van der Waals surface area contributed by atoms with E-state index in [1.165, 1.54) is 66.0 Å². The molecular formula is C38H37OP. The van der Waals surface area contributed by atoms with Crippen molar-refractivity contribution < 1.29 is 5.11 Å². The van der Waals surface area contributed by atoms with Gasteiger partial charge >= 0.3 is 0 Å². The van der Waals surface area contributed by atoms with Crippen molar-refractivity contribution in [3.63, 3.8) is 0 Å². The zero-order chi connectivity index (χ0) is 27.8. The Morgan fingerprint density at radius 1 is 0.525 bits per heavy atom. The molecule has 0 saturated carbocycles. The van der Waals surface area contributed by atoms with Crippen LogP contribution in [-0.4, -0.2) is 5.11 Å². The molecule has 4 aliphatic rings. The normalized spacial score (nSPS) is 12.9. The molecule has 200 valence electrons. The zero-order valence-corrected chi connectivity index (χ0v) is 24.9. The van der Waals surface area contributed by atoms with E-state index in [1.807, 2.05) is 6.07 Å². The molecule has 0 fully saturated rings. The Kier molecular flexibility index (Phi) is 7.35. The number of hydrogen-bond donors (Lipinski definition) is 1. The summed E-state index contributed by atoms with van der Waals surface area (Å²) in [6, 6.07) is 36.1. The van der Waals surface area contributed by atoms with Gasteiger partial charge in [0.25, 0.3) is 0 Å². The summed E-state index contributed by atoms with van der Waals surface area (Å²) >= 11 is 0. The summed E-state index contributed by atoms with van der Waals surface area (Å²) < 4.78 is 0. The minimum absolute atomic E-state index is 0.437. The Bertz CT molecular complexity index is 1620. The highest BCUT2D eigenvalue weighted by Crippen LogP contribution is 2.39. The molecule has 4 aliphatic carbocycles. The SMILES string of the molecule is Cc1cccc(C)c1P(c1cccc(-c2cc3ccc2CCc2ccc(c(O)c2)CC3)c1)c1c(C)cccc1C. The molecule has 0 radical (unpaired) electrons. The van der Waals surface area contributed by atoms with Crippen LogP contribution >= 0.6 is 7.92 Å². The van der Waals surface area contributed by atoms with Gasteiger partial charge in [-0.05, 0) is 145 Å². The molecule has 9 rings (SSSR count). The van der Waals surface area contributed by atoms with Crippen LogP contribution in [-0.2, 0) is 25.7 Å². The largest absolute Gasteiger partial charge is 0.508 e. The molecule has 0 aromatic heterocycles. The van der Waals surface area contributed by atoms with Crippen molar-refractivity contribution in [3.8, 4) is 16.9 Å². The number of aryl methyl sites for hydroxylation is 8. The average molecular weight is 541 g/mol. The maximum Gasteiger partial charge on any atom is 0.119 e. The van der Waals surface area contributed by atoms with Crippen molar-refractivity contribution in [2.75, 3.05) is 0 Å². The fraction of sp³-hybridized carbons (Fsp3) is 0.211. The molecule has 0 heterocycles. The topological polar surface area (TPSA) is 20.2 Å². The number of rotatable bonds is 4. The van der Waals surface area contributed by atoms with Crippen LogP contribution in [0.1, 0.15) is 44.5 Å². The van der Waals surface area contributed by atoms with E-state index in [9.17, 15) is 5.11 Å². The predicted octanol–water partition coefficient (Wildman–Crippen LogP) is 7.93. The third kappa shape index (κ3) is 5.12. The first-order chi connectivity index (χ1) is 19.4. The Morgan fingerprint density at radius 2 is 1.05 bits per heavy atom. The lowest BCUT2D eigenvalue weighted by atomic mass is 9.90. The summed E-state index contributed by atoms with van der Waals surface area (Å²) in [5, 5.41) is 14.9. The number of benzene rings is 5. The van der Waals surface area contributed by atoms with E-state index in [-0.39, 0.29) is 0 Å². The molecule has 5 aromatic carbocycles. The predicted molar refractivity (Wildman–Crippen MR) is 172 cm³/mol. The minimum Gasteiger partial charge on any atom is -0.508 e. The zero-order valence-electron chi connectivity index (χ0n) is 24.0. The highest BCUT2D eigenvalue weighted by Gasteiger charge is 2.24. The molecule has 0 atom stereocenters. The monoisotopic (exact) mass is 540 g/mol. The van der Waals surface area contributed by atoms with E-state index < -0.39 is 7.92 Å². The fourth-order valence-electron chi connectivity index (χ4n) is 6.30. The Labute approximate surface area is 240 Å². The molecule has 40 heavy (non-hydrogen) atoms. The maximum absolute atomic E-state index is 10.5. The van der Waals surface area contributed by atoms with Gasteiger partial charge in [0.2, 0.25) is 0 Å². The summed E-state index contributed by atoms with van der Waals surface area (Å²) in [4.78, 5) is 0. The maximum atomic E-state index is 10.5. The molecule has 2 heteroatoms. The number of phenols is 1. The van der Waals surface area contributed by atoms with Gasteiger partial charge in [-0.2, -0.15) is 0 Å². The van der Waals surface area contributed by atoms with Crippen molar-refractivity contribution in [2.45, 2.75) is 53.4 Å². The van der Waals surface area contributed by atoms with E-state index in [1.54, 1.807) is 0 Å². The molecular weight excluding hydrogens is 503 g/mol. The van der Waals surface area contributed by atoms with Crippen molar-refractivity contribution >= 4 is 23.8 Å². The van der Waals surface area contributed by atoms with Gasteiger partial charge in [-0.3, -0.25) is 0 Å². The lowest BCUT2D eigenvalue weighted by Crippen LogP contribution is -2.27. The van der Waals surface area contributed by atoms with Gasteiger partial charge in [-0.25, -0.2) is 0 Å². The molecule has 0 aliphatic heterocycles. The Balaban J connectivity index is 1.50.